The molecule has 0 bridgehead atoms. The van der Waals surface area contributed by atoms with Crippen LogP contribution in [0.4, 0.5) is 0 Å². The van der Waals surface area contributed by atoms with Crippen molar-refractivity contribution in [2.45, 2.75) is 33.6 Å². The van der Waals surface area contributed by atoms with Crippen LogP contribution in [-0.4, -0.2) is 0 Å². The Bertz CT molecular complexity index is 1230. The molecule has 0 spiro atoms. The molecule has 0 saturated carbocycles. The SMILES string of the molecule is CC1=CC(c2c(C)ccc3c2[cH-]c2cc(C)ccc23)c2cc(C)ccc21.[Cl-].[Cl-].[Zr+3]. The summed E-state index contributed by atoms with van der Waals surface area (Å²) >= 11 is 0. The second-order valence-electron chi connectivity index (χ2n) is 7.91. The Morgan fingerprint density at radius 1 is 0.759 bits per heavy atom. The Morgan fingerprint density at radius 3 is 2.17 bits per heavy atom. The fourth-order valence-electron chi connectivity index (χ4n) is 4.72. The summed E-state index contributed by atoms with van der Waals surface area (Å²) in [4.78, 5) is 0. The van der Waals surface area contributed by atoms with E-state index in [-0.39, 0.29) is 51.0 Å². The number of fused-ring (bicyclic) bond motifs is 4. The fraction of sp³-hybridized carbons (Fsp3) is 0.192. The molecule has 5 rings (SSSR count). The maximum atomic E-state index is 2.45. The van der Waals surface area contributed by atoms with Crippen molar-refractivity contribution in [3.05, 3.63) is 94.1 Å². The summed E-state index contributed by atoms with van der Waals surface area (Å²) < 4.78 is 0. The number of allylic oxidation sites excluding steroid dienone is 2. The van der Waals surface area contributed by atoms with E-state index >= 15 is 0 Å². The van der Waals surface area contributed by atoms with Crippen LogP contribution in [0.2, 0.25) is 0 Å². The molecule has 1 radical (unpaired) electrons. The van der Waals surface area contributed by atoms with Gasteiger partial charge in [0.25, 0.3) is 0 Å². The molecule has 0 nitrogen and oxygen atoms in total. The second kappa shape index (κ2) is 8.85. The molecule has 29 heavy (non-hydrogen) atoms. The van der Waals surface area contributed by atoms with Crippen molar-refractivity contribution >= 4 is 27.1 Å². The van der Waals surface area contributed by atoms with Gasteiger partial charge < -0.3 is 24.8 Å². The van der Waals surface area contributed by atoms with Gasteiger partial charge in [-0.1, -0.05) is 70.8 Å². The quantitative estimate of drug-likeness (QED) is 0.347. The van der Waals surface area contributed by atoms with Crippen molar-refractivity contribution in [1.29, 1.82) is 0 Å². The van der Waals surface area contributed by atoms with Crippen molar-refractivity contribution < 1.29 is 51.0 Å². The molecule has 4 aromatic carbocycles. The summed E-state index contributed by atoms with van der Waals surface area (Å²) in [6, 6.07) is 20.7. The molecule has 0 aliphatic heterocycles. The first-order valence-electron chi connectivity index (χ1n) is 9.41. The molecule has 1 aliphatic rings. The molecule has 0 N–H and O–H groups in total. The molecular weight excluding hydrogens is 474 g/mol. The van der Waals surface area contributed by atoms with E-state index in [1.165, 1.54) is 60.5 Å². The molecule has 0 saturated heterocycles. The average Bonchev–Trinajstić information content (AvgIpc) is 3.12. The van der Waals surface area contributed by atoms with Gasteiger partial charge in [-0.15, -0.1) is 33.7 Å². The van der Waals surface area contributed by atoms with Crippen LogP contribution in [0.3, 0.4) is 0 Å². The molecular formula is C26H23Cl2Zr. The van der Waals surface area contributed by atoms with Crippen molar-refractivity contribution in [3.8, 4) is 0 Å². The van der Waals surface area contributed by atoms with Gasteiger partial charge in [0, 0.05) is 5.92 Å². The first-order chi connectivity index (χ1) is 12.5. The van der Waals surface area contributed by atoms with Gasteiger partial charge >= 0.3 is 26.2 Å². The largest absolute Gasteiger partial charge is 3.00 e. The molecule has 1 aliphatic carbocycles. The van der Waals surface area contributed by atoms with E-state index < -0.39 is 0 Å². The number of halogens is 2. The molecule has 1 atom stereocenters. The minimum atomic E-state index is 0. The topological polar surface area (TPSA) is 0 Å². The Labute approximate surface area is 204 Å². The van der Waals surface area contributed by atoms with Crippen molar-refractivity contribution in [3.63, 3.8) is 0 Å². The smallest absolute Gasteiger partial charge is 1.00 e. The van der Waals surface area contributed by atoms with Crippen molar-refractivity contribution in [1.82, 2.24) is 0 Å². The fourth-order valence-corrected chi connectivity index (χ4v) is 4.72. The first kappa shape index (κ1) is 24.0. The standard InChI is InChI=1S/C26H23.2ClH.Zr/c1-15-6-9-21-19(11-15)14-25-22(21)10-7-17(3)26(25)24-13-18(4)20-8-5-16(2)12-23(20)24;;;/h5-14,24H,1-4H3;2*1H;/q-1;;;+3/p-2. The number of aryl methyl sites for hydroxylation is 3. The van der Waals surface area contributed by atoms with Crippen LogP contribution in [0, 0.1) is 20.8 Å². The molecule has 3 heteroatoms. The third kappa shape index (κ3) is 3.78. The number of rotatable bonds is 1. The van der Waals surface area contributed by atoms with Crippen LogP contribution in [-0.2, 0) is 26.2 Å². The zero-order chi connectivity index (χ0) is 18.0. The van der Waals surface area contributed by atoms with Gasteiger partial charge in [0.2, 0.25) is 0 Å². The molecule has 0 fully saturated rings. The third-order valence-electron chi connectivity index (χ3n) is 6.00. The van der Waals surface area contributed by atoms with Crippen LogP contribution in [0.1, 0.15) is 46.2 Å². The average molecular weight is 498 g/mol. The maximum absolute atomic E-state index is 2.45. The zero-order valence-electron chi connectivity index (χ0n) is 17.1. The minimum absolute atomic E-state index is 0. The van der Waals surface area contributed by atoms with Crippen LogP contribution in [0.15, 0.2) is 60.7 Å². The van der Waals surface area contributed by atoms with Crippen LogP contribution in [0.25, 0.3) is 27.1 Å². The summed E-state index contributed by atoms with van der Waals surface area (Å²) in [5.41, 5.74) is 9.78. The van der Waals surface area contributed by atoms with Gasteiger partial charge in [-0.05, 0) is 44.4 Å². The van der Waals surface area contributed by atoms with E-state index in [1.54, 1.807) is 0 Å². The number of hydrogen-bond acceptors (Lipinski definition) is 0. The summed E-state index contributed by atoms with van der Waals surface area (Å²) in [5.74, 6) is 0.353. The minimum Gasteiger partial charge on any atom is -1.00 e. The van der Waals surface area contributed by atoms with E-state index in [0.29, 0.717) is 5.92 Å². The number of hydrogen-bond donors (Lipinski definition) is 0. The predicted octanol–water partition coefficient (Wildman–Crippen LogP) is 1.19. The Hall–Kier alpha value is -1.27. The Balaban J connectivity index is 0.000001000. The van der Waals surface area contributed by atoms with E-state index in [9.17, 15) is 0 Å². The molecule has 0 aromatic heterocycles. The molecule has 1 unspecified atom stereocenters. The van der Waals surface area contributed by atoms with Gasteiger partial charge in [-0.2, -0.15) is 0 Å². The van der Waals surface area contributed by atoms with E-state index in [0.717, 1.165) is 0 Å². The molecule has 4 aromatic rings. The van der Waals surface area contributed by atoms with Crippen LogP contribution in [0.5, 0.6) is 0 Å². The van der Waals surface area contributed by atoms with Gasteiger partial charge in [0.1, 0.15) is 0 Å². The normalized spacial score (nSPS) is 14.6. The summed E-state index contributed by atoms with van der Waals surface area (Å²) in [7, 11) is 0. The van der Waals surface area contributed by atoms with Gasteiger partial charge in [0.05, 0.1) is 0 Å². The van der Waals surface area contributed by atoms with Crippen molar-refractivity contribution in [2.75, 3.05) is 0 Å². The summed E-state index contributed by atoms with van der Waals surface area (Å²) in [5, 5.41) is 5.52. The van der Waals surface area contributed by atoms with E-state index in [1.807, 2.05) is 0 Å². The molecule has 145 valence electrons. The number of benzene rings is 3. The summed E-state index contributed by atoms with van der Waals surface area (Å²) in [6.07, 6.45) is 2.45. The molecule has 0 amide bonds. The monoisotopic (exact) mass is 495 g/mol. The van der Waals surface area contributed by atoms with E-state index in [2.05, 4.69) is 88.4 Å². The zero-order valence-corrected chi connectivity index (χ0v) is 21.1. The van der Waals surface area contributed by atoms with Gasteiger partial charge in [-0.3, -0.25) is 0 Å². The van der Waals surface area contributed by atoms with Crippen LogP contribution >= 0.6 is 0 Å². The van der Waals surface area contributed by atoms with Crippen LogP contribution < -0.4 is 24.8 Å². The first-order valence-corrected chi connectivity index (χ1v) is 9.41. The Kier molecular flexibility index (Phi) is 7.32. The molecule has 0 heterocycles. The predicted molar refractivity (Wildman–Crippen MR) is 113 cm³/mol. The van der Waals surface area contributed by atoms with Gasteiger partial charge in [-0.25, -0.2) is 0 Å². The second-order valence-corrected chi connectivity index (χ2v) is 7.91. The third-order valence-corrected chi connectivity index (χ3v) is 6.00. The van der Waals surface area contributed by atoms with Crippen molar-refractivity contribution in [2.24, 2.45) is 0 Å². The Morgan fingerprint density at radius 2 is 1.41 bits per heavy atom. The summed E-state index contributed by atoms with van der Waals surface area (Å²) in [6.45, 7) is 8.87. The van der Waals surface area contributed by atoms with Gasteiger partial charge in [0.15, 0.2) is 0 Å². The van der Waals surface area contributed by atoms with E-state index in [4.69, 9.17) is 0 Å². The maximum Gasteiger partial charge on any atom is 3.00 e.